The summed E-state index contributed by atoms with van der Waals surface area (Å²) in [5.41, 5.74) is 0. The SMILES string of the molecule is O=S(=O)(O)O.Oc1ccc(O)cc1.[H-].[Na+]. The maximum absolute atomic E-state index is 8.74. The molecule has 6 nitrogen and oxygen atoms in total. The standard InChI is InChI=1S/C6H6O2.Na.H2O4S.H/c7-5-1-2-6(8)4-3-5;;1-5(2,3)4;/h1-4,7-8H;;(H2,1,2,3,4);/q;+1;;-1. The molecule has 0 saturated heterocycles. The molecular formula is C6H9NaO6S. The number of benzene rings is 1. The maximum Gasteiger partial charge on any atom is 1.00 e. The molecule has 0 saturated carbocycles. The van der Waals surface area contributed by atoms with E-state index in [9.17, 15) is 0 Å². The Balaban J connectivity index is -0.000000185. The molecule has 76 valence electrons. The van der Waals surface area contributed by atoms with Gasteiger partial charge in [-0.3, -0.25) is 9.11 Å². The van der Waals surface area contributed by atoms with Crippen LogP contribution in [0.4, 0.5) is 0 Å². The van der Waals surface area contributed by atoms with Gasteiger partial charge in [-0.15, -0.1) is 0 Å². The molecule has 0 aromatic heterocycles. The van der Waals surface area contributed by atoms with Crippen LogP contribution in [0.3, 0.4) is 0 Å². The molecule has 8 heteroatoms. The normalized spacial score (nSPS) is 9.29. The Kier molecular flexibility index (Phi) is 8.12. The molecule has 0 atom stereocenters. The second-order valence-electron chi connectivity index (χ2n) is 1.96. The Labute approximate surface area is 105 Å². The number of hydrogen-bond acceptors (Lipinski definition) is 4. The van der Waals surface area contributed by atoms with E-state index in [1.807, 2.05) is 0 Å². The van der Waals surface area contributed by atoms with Gasteiger partial charge in [0, 0.05) is 0 Å². The van der Waals surface area contributed by atoms with Crippen molar-refractivity contribution >= 4 is 10.4 Å². The third-order valence-electron chi connectivity index (χ3n) is 0.850. The molecule has 0 fully saturated rings. The van der Waals surface area contributed by atoms with Crippen molar-refractivity contribution in [3.05, 3.63) is 24.3 Å². The number of phenols is 2. The Bertz CT molecular complexity index is 321. The molecule has 0 amide bonds. The molecule has 0 aliphatic carbocycles. The van der Waals surface area contributed by atoms with E-state index in [1.54, 1.807) is 0 Å². The minimum atomic E-state index is -4.67. The molecule has 1 rings (SSSR count). The molecule has 0 aliphatic heterocycles. The monoisotopic (exact) mass is 232 g/mol. The van der Waals surface area contributed by atoms with E-state index in [0.29, 0.717) is 0 Å². The van der Waals surface area contributed by atoms with Crippen LogP contribution in [0.2, 0.25) is 0 Å². The van der Waals surface area contributed by atoms with E-state index < -0.39 is 10.4 Å². The number of hydrogen-bond donors (Lipinski definition) is 4. The molecule has 0 aliphatic rings. The van der Waals surface area contributed by atoms with Gasteiger partial charge in [-0.25, -0.2) is 0 Å². The topological polar surface area (TPSA) is 115 Å². The van der Waals surface area contributed by atoms with Crippen molar-refractivity contribution in [3.63, 3.8) is 0 Å². The number of rotatable bonds is 0. The number of aromatic hydroxyl groups is 2. The summed E-state index contributed by atoms with van der Waals surface area (Å²) in [6, 6.07) is 5.70. The largest absolute Gasteiger partial charge is 1.00 e. The fraction of sp³-hybridized carbons (Fsp3) is 0. The molecular weight excluding hydrogens is 223 g/mol. The quantitative estimate of drug-likeness (QED) is 0.224. The second-order valence-corrected chi connectivity index (χ2v) is 2.86. The summed E-state index contributed by atoms with van der Waals surface area (Å²) in [7, 11) is -4.67. The van der Waals surface area contributed by atoms with E-state index in [2.05, 4.69) is 0 Å². The van der Waals surface area contributed by atoms with Crippen molar-refractivity contribution < 1.29 is 58.7 Å². The van der Waals surface area contributed by atoms with E-state index in [-0.39, 0.29) is 42.5 Å². The van der Waals surface area contributed by atoms with Crippen LogP contribution in [0.15, 0.2) is 24.3 Å². The van der Waals surface area contributed by atoms with Crippen LogP contribution in [0.1, 0.15) is 1.43 Å². The molecule has 4 N–H and O–H groups in total. The fourth-order valence-electron chi connectivity index (χ4n) is 0.453. The third kappa shape index (κ3) is 14.2. The molecule has 14 heavy (non-hydrogen) atoms. The summed E-state index contributed by atoms with van der Waals surface area (Å²) in [6.07, 6.45) is 0. The summed E-state index contributed by atoms with van der Waals surface area (Å²) in [4.78, 5) is 0. The number of phenolic OH excluding ortho intramolecular Hbond substituents is 2. The molecule has 0 spiro atoms. The molecule has 0 bridgehead atoms. The van der Waals surface area contributed by atoms with Crippen molar-refractivity contribution in [1.82, 2.24) is 0 Å². The van der Waals surface area contributed by atoms with Crippen LogP contribution in [0, 0.1) is 0 Å². The van der Waals surface area contributed by atoms with Crippen LogP contribution in [0.5, 0.6) is 11.5 Å². The van der Waals surface area contributed by atoms with E-state index in [0.717, 1.165) is 0 Å². The van der Waals surface area contributed by atoms with Crippen LogP contribution >= 0.6 is 0 Å². The average Bonchev–Trinajstić information content (AvgIpc) is 1.92. The van der Waals surface area contributed by atoms with E-state index in [4.69, 9.17) is 27.7 Å². The van der Waals surface area contributed by atoms with E-state index >= 15 is 0 Å². The van der Waals surface area contributed by atoms with Crippen LogP contribution < -0.4 is 29.6 Å². The minimum absolute atomic E-state index is 0. The molecule has 1 aromatic rings. The first-order valence-electron chi connectivity index (χ1n) is 2.97. The van der Waals surface area contributed by atoms with Gasteiger partial charge in [0.2, 0.25) is 0 Å². The zero-order valence-electron chi connectivity index (χ0n) is 8.32. The Hall–Kier alpha value is -0.310. The minimum Gasteiger partial charge on any atom is -1.00 e. The molecule has 0 heterocycles. The van der Waals surface area contributed by atoms with Gasteiger partial charge in [-0.05, 0) is 24.3 Å². The van der Waals surface area contributed by atoms with Crippen molar-refractivity contribution in [2.45, 2.75) is 0 Å². The summed E-state index contributed by atoms with van der Waals surface area (Å²) in [6.45, 7) is 0. The zero-order chi connectivity index (χ0) is 10.5. The first kappa shape index (κ1) is 16.1. The van der Waals surface area contributed by atoms with Gasteiger partial charge in [0.05, 0.1) is 0 Å². The Morgan fingerprint density at radius 1 is 0.929 bits per heavy atom. The summed E-state index contributed by atoms with van der Waals surface area (Å²) < 4.78 is 31.6. The molecule has 0 unspecified atom stereocenters. The van der Waals surface area contributed by atoms with Gasteiger partial charge < -0.3 is 11.6 Å². The molecule has 0 radical (unpaired) electrons. The van der Waals surface area contributed by atoms with Crippen LogP contribution in [-0.4, -0.2) is 27.7 Å². The van der Waals surface area contributed by atoms with Gasteiger partial charge >= 0.3 is 40.0 Å². The summed E-state index contributed by atoms with van der Waals surface area (Å²) >= 11 is 0. The van der Waals surface area contributed by atoms with E-state index in [1.165, 1.54) is 24.3 Å². The first-order chi connectivity index (χ1) is 5.79. The smallest absolute Gasteiger partial charge is 1.00 e. The first-order valence-corrected chi connectivity index (χ1v) is 4.36. The van der Waals surface area contributed by atoms with Crippen molar-refractivity contribution in [3.8, 4) is 11.5 Å². The second kappa shape index (κ2) is 7.04. The van der Waals surface area contributed by atoms with Crippen LogP contribution in [-0.2, 0) is 10.4 Å². The maximum atomic E-state index is 8.74. The summed E-state index contributed by atoms with van der Waals surface area (Å²) in [5, 5.41) is 17.3. The predicted molar refractivity (Wildman–Crippen MR) is 45.1 cm³/mol. The summed E-state index contributed by atoms with van der Waals surface area (Å²) in [5.74, 6) is 0.339. The van der Waals surface area contributed by atoms with Gasteiger partial charge in [0.25, 0.3) is 0 Å². The average molecular weight is 232 g/mol. The molecule has 1 aromatic carbocycles. The van der Waals surface area contributed by atoms with Crippen molar-refractivity contribution in [2.75, 3.05) is 0 Å². The zero-order valence-corrected chi connectivity index (χ0v) is 10.1. The van der Waals surface area contributed by atoms with Crippen molar-refractivity contribution in [1.29, 1.82) is 0 Å². The van der Waals surface area contributed by atoms with Gasteiger partial charge in [-0.1, -0.05) is 0 Å². The fourth-order valence-corrected chi connectivity index (χ4v) is 0.453. The third-order valence-corrected chi connectivity index (χ3v) is 0.850. The van der Waals surface area contributed by atoms with Gasteiger partial charge in [-0.2, -0.15) is 8.42 Å². The Morgan fingerprint density at radius 2 is 1.07 bits per heavy atom. The van der Waals surface area contributed by atoms with Gasteiger partial charge in [0.1, 0.15) is 11.5 Å². The van der Waals surface area contributed by atoms with Crippen molar-refractivity contribution in [2.24, 2.45) is 0 Å². The predicted octanol–water partition coefficient (Wildman–Crippen LogP) is -2.44. The van der Waals surface area contributed by atoms with Crippen LogP contribution in [0.25, 0.3) is 0 Å². The Morgan fingerprint density at radius 3 is 1.21 bits per heavy atom. The van der Waals surface area contributed by atoms with Gasteiger partial charge in [0.15, 0.2) is 0 Å².